The van der Waals surface area contributed by atoms with Crippen LogP contribution in [-0.4, -0.2) is 19.1 Å². The van der Waals surface area contributed by atoms with E-state index in [4.69, 9.17) is 10.00 Å². The summed E-state index contributed by atoms with van der Waals surface area (Å²) in [5.41, 5.74) is 0.883. The number of benzene rings is 1. The van der Waals surface area contributed by atoms with E-state index in [-0.39, 0.29) is 11.5 Å². The second-order valence-corrected chi connectivity index (χ2v) is 4.45. The molecule has 0 aliphatic rings. The molecule has 0 fully saturated rings. The molecule has 1 rings (SSSR count). The first-order valence-corrected chi connectivity index (χ1v) is 6.95. The lowest BCUT2D eigenvalue weighted by Gasteiger charge is -2.04. The minimum Gasteiger partial charge on any atom is -0.490 e. The topological polar surface area (TPSA) is 62.1 Å². The van der Waals surface area contributed by atoms with Gasteiger partial charge in [0.05, 0.1) is 0 Å². The van der Waals surface area contributed by atoms with E-state index in [2.05, 4.69) is 11.9 Å². The third-order valence-corrected chi connectivity index (χ3v) is 2.74. The van der Waals surface area contributed by atoms with Crippen molar-refractivity contribution < 1.29 is 9.53 Å². The standard InChI is InChI=1S/C17H20N2O2/c1-3-5-10-19-17(20)15(13-18)12-14-6-8-16(9-7-14)21-11-4-2/h4,6-9,12H,2-3,5,10-11H2,1H3,(H,19,20)/b15-12+. The first kappa shape index (κ1) is 16.5. The van der Waals surface area contributed by atoms with Crippen molar-refractivity contribution in [2.75, 3.05) is 13.2 Å². The SMILES string of the molecule is C=CCOc1ccc(/C=C(\C#N)C(=O)NCCCC)cc1. The molecule has 1 N–H and O–H groups in total. The highest BCUT2D eigenvalue weighted by atomic mass is 16.5. The Morgan fingerprint density at radius 3 is 2.71 bits per heavy atom. The number of nitrogens with one attached hydrogen (secondary N) is 1. The summed E-state index contributed by atoms with van der Waals surface area (Å²) in [6.07, 6.45) is 5.14. The van der Waals surface area contributed by atoms with Gasteiger partial charge in [-0.3, -0.25) is 4.79 Å². The Bertz CT molecular complexity index is 539. The Hall–Kier alpha value is -2.54. The fraction of sp³-hybridized carbons (Fsp3) is 0.294. The average molecular weight is 284 g/mol. The maximum absolute atomic E-state index is 11.8. The number of carbonyl (C=O) groups is 1. The summed E-state index contributed by atoms with van der Waals surface area (Å²) in [6, 6.07) is 9.11. The van der Waals surface area contributed by atoms with Crippen LogP contribution < -0.4 is 10.1 Å². The van der Waals surface area contributed by atoms with Crippen LogP contribution in [0.2, 0.25) is 0 Å². The Kier molecular flexibility index (Phi) is 7.37. The molecule has 110 valence electrons. The summed E-state index contributed by atoms with van der Waals surface area (Å²) in [7, 11) is 0. The van der Waals surface area contributed by atoms with E-state index in [1.807, 2.05) is 13.0 Å². The normalized spacial score (nSPS) is 10.6. The van der Waals surface area contributed by atoms with Crippen LogP contribution in [0.4, 0.5) is 0 Å². The number of nitriles is 1. The van der Waals surface area contributed by atoms with Gasteiger partial charge in [0.25, 0.3) is 5.91 Å². The van der Waals surface area contributed by atoms with Gasteiger partial charge >= 0.3 is 0 Å². The molecule has 1 aromatic carbocycles. The van der Waals surface area contributed by atoms with E-state index >= 15 is 0 Å². The number of hydrogen-bond donors (Lipinski definition) is 1. The van der Waals surface area contributed by atoms with Gasteiger partial charge < -0.3 is 10.1 Å². The summed E-state index contributed by atoms with van der Waals surface area (Å²) in [5, 5.41) is 11.8. The van der Waals surface area contributed by atoms with Crippen molar-refractivity contribution in [3.05, 3.63) is 48.1 Å². The van der Waals surface area contributed by atoms with Gasteiger partial charge in [-0.25, -0.2) is 0 Å². The minimum absolute atomic E-state index is 0.103. The van der Waals surface area contributed by atoms with Crippen molar-refractivity contribution in [2.45, 2.75) is 19.8 Å². The van der Waals surface area contributed by atoms with Crippen LogP contribution in [0.15, 0.2) is 42.5 Å². The van der Waals surface area contributed by atoms with Crippen LogP contribution in [0.3, 0.4) is 0 Å². The lowest BCUT2D eigenvalue weighted by atomic mass is 10.1. The molecule has 0 saturated heterocycles. The van der Waals surface area contributed by atoms with Gasteiger partial charge in [-0.15, -0.1) is 0 Å². The van der Waals surface area contributed by atoms with Crippen LogP contribution in [0.5, 0.6) is 5.75 Å². The molecular formula is C17H20N2O2. The molecule has 0 saturated carbocycles. The van der Waals surface area contributed by atoms with E-state index in [0.717, 1.165) is 24.2 Å². The fourth-order valence-corrected chi connectivity index (χ4v) is 1.60. The highest BCUT2D eigenvalue weighted by Gasteiger charge is 2.07. The smallest absolute Gasteiger partial charge is 0.261 e. The van der Waals surface area contributed by atoms with Crippen LogP contribution in [-0.2, 0) is 4.79 Å². The van der Waals surface area contributed by atoms with E-state index in [1.165, 1.54) is 0 Å². The second kappa shape index (κ2) is 9.38. The Balaban J connectivity index is 2.71. The van der Waals surface area contributed by atoms with Gasteiger partial charge in [0.1, 0.15) is 24.0 Å². The van der Waals surface area contributed by atoms with Gasteiger partial charge in [0, 0.05) is 6.54 Å². The lowest BCUT2D eigenvalue weighted by Crippen LogP contribution is -2.25. The molecule has 1 amide bonds. The third-order valence-electron chi connectivity index (χ3n) is 2.74. The molecule has 0 radical (unpaired) electrons. The highest BCUT2D eigenvalue weighted by Crippen LogP contribution is 2.14. The van der Waals surface area contributed by atoms with E-state index in [0.29, 0.717) is 13.2 Å². The number of unbranched alkanes of at least 4 members (excludes halogenated alkanes) is 1. The summed E-state index contributed by atoms with van der Waals surface area (Å²) in [4.78, 5) is 11.8. The molecule has 0 heterocycles. The van der Waals surface area contributed by atoms with Crippen molar-refractivity contribution in [1.82, 2.24) is 5.32 Å². The number of nitrogens with zero attached hydrogens (tertiary/aromatic N) is 1. The summed E-state index contributed by atoms with van der Waals surface area (Å²) in [5.74, 6) is 0.385. The molecule has 4 nitrogen and oxygen atoms in total. The van der Waals surface area contributed by atoms with E-state index < -0.39 is 0 Å². The van der Waals surface area contributed by atoms with E-state index in [9.17, 15) is 4.79 Å². The van der Waals surface area contributed by atoms with Crippen LogP contribution >= 0.6 is 0 Å². The Labute approximate surface area is 125 Å². The predicted octanol–water partition coefficient (Wildman–Crippen LogP) is 3.07. The van der Waals surface area contributed by atoms with Crippen molar-refractivity contribution in [3.8, 4) is 11.8 Å². The number of rotatable bonds is 8. The summed E-state index contributed by atoms with van der Waals surface area (Å²) < 4.78 is 5.37. The van der Waals surface area contributed by atoms with Gasteiger partial charge in [0.15, 0.2) is 0 Å². The molecule has 21 heavy (non-hydrogen) atoms. The first-order chi connectivity index (χ1) is 10.2. The Morgan fingerprint density at radius 2 is 2.14 bits per heavy atom. The quantitative estimate of drug-likeness (QED) is 0.345. The van der Waals surface area contributed by atoms with Gasteiger partial charge in [-0.1, -0.05) is 38.1 Å². The zero-order chi connectivity index (χ0) is 15.5. The number of hydrogen-bond acceptors (Lipinski definition) is 3. The van der Waals surface area contributed by atoms with Gasteiger partial charge in [0.2, 0.25) is 0 Å². The summed E-state index contributed by atoms with van der Waals surface area (Å²) >= 11 is 0. The zero-order valence-corrected chi connectivity index (χ0v) is 12.3. The van der Waals surface area contributed by atoms with Gasteiger partial charge in [-0.05, 0) is 30.2 Å². The predicted molar refractivity (Wildman–Crippen MR) is 83.6 cm³/mol. The number of ether oxygens (including phenoxy) is 1. The first-order valence-electron chi connectivity index (χ1n) is 6.95. The van der Waals surface area contributed by atoms with Crippen molar-refractivity contribution >= 4 is 12.0 Å². The number of amides is 1. The molecule has 0 atom stereocenters. The molecule has 0 bridgehead atoms. The largest absolute Gasteiger partial charge is 0.490 e. The molecule has 0 unspecified atom stereocenters. The van der Waals surface area contributed by atoms with Crippen LogP contribution in [0.1, 0.15) is 25.3 Å². The molecular weight excluding hydrogens is 264 g/mol. The molecule has 0 aromatic heterocycles. The van der Waals surface area contributed by atoms with E-state index in [1.54, 1.807) is 36.4 Å². The fourth-order valence-electron chi connectivity index (χ4n) is 1.60. The average Bonchev–Trinajstić information content (AvgIpc) is 2.51. The third kappa shape index (κ3) is 5.96. The second-order valence-electron chi connectivity index (χ2n) is 4.45. The van der Waals surface area contributed by atoms with Crippen molar-refractivity contribution in [1.29, 1.82) is 5.26 Å². The molecule has 0 spiro atoms. The zero-order valence-electron chi connectivity index (χ0n) is 12.3. The Morgan fingerprint density at radius 1 is 1.43 bits per heavy atom. The summed E-state index contributed by atoms with van der Waals surface area (Å²) in [6.45, 7) is 6.65. The molecule has 0 aliphatic carbocycles. The van der Waals surface area contributed by atoms with Crippen LogP contribution in [0, 0.1) is 11.3 Å². The maximum atomic E-state index is 11.8. The molecule has 4 heteroatoms. The lowest BCUT2D eigenvalue weighted by molar-refractivity contribution is -0.117. The monoisotopic (exact) mass is 284 g/mol. The molecule has 0 aliphatic heterocycles. The maximum Gasteiger partial charge on any atom is 0.261 e. The number of carbonyl (C=O) groups excluding carboxylic acids is 1. The molecule has 1 aromatic rings. The highest BCUT2D eigenvalue weighted by molar-refractivity contribution is 6.01. The minimum atomic E-state index is -0.335. The van der Waals surface area contributed by atoms with Gasteiger partial charge in [-0.2, -0.15) is 5.26 Å². The van der Waals surface area contributed by atoms with Crippen molar-refractivity contribution in [2.24, 2.45) is 0 Å². The van der Waals surface area contributed by atoms with Crippen LogP contribution in [0.25, 0.3) is 6.08 Å². The van der Waals surface area contributed by atoms with Crippen molar-refractivity contribution in [3.63, 3.8) is 0 Å².